The molecule has 0 saturated carbocycles. The summed E-state index contributed by atoms with van der Waals surface area (Å²) in [6, 6.07) is 0. The van der Waals surface area contributed by atoms with Crippen molar-refractivity contribution in [2.75, 3.05) is 28.7 Å². The lowest BCUT2D eigenvalue weighted by Gasteiger charge is -2.09. The Kier molecular flexibility index (Phi) is 10.7. The van der Waals surface area contributed by atoms with Gasteiger partial charge in [-0.2, -0.15) is 0 Å². The molecule has 0 fully saturated rings. The molecule has 0 aromatic rings. The molecule has 0 bridgehead atoms. The van der Waals surface area contributed by atoms with Crippen LogP contribution in [0.25, 0.3) is 0 Å². The lowest BCUT2D eigenvalue weighted by Crippen LogP contribution is -2.14. The molecule has 0 aromatic heterocycles. The van der Waals surface area contributed by atoms with Crippen molar-refractivity contribution in [1.29, 1.82) is 0 Å². The van der Waals surface area contributed by atoms with E-state index in [0.29, 0.717) is 6.10 Å². The van der Waals surface area contributed by atoms with Gasteiger partial charge in [-0.15, -0.1) is 0 Å². The van der Waals surface area contributed by atoms with Gasteiger partial charge < -0.3 is 9.47 Å². The first-order valence-electron chi connectivity index (χ1n) is 3.62. The molecule has 68 valence electrons. The van der Waals surface area contributed by atoms with Gasteiger partial charge in [-0.3, -0.25) is 0 Å². The van der Waals surface area contributed by atoms with E-state index in [4.69, 9.17) is 9.47 Å². The fourth-order valence-corrected chi connectivity index (χ4v) is 1.08. The van der Waals surface area contributed by atoms with Crippen LogP contribution in [0, 0.1) is 0 Å². The minimum absolute atomic E-state index is 0.360. The fraction of sp³-hybridized carbons (Fsp3) is 1.00. The summed E-state index contributed by atoms with van der Waals surface area (Å²) in [5, 5.41) is 0. The number of rotatable bonds is 7. The Bertz CT molecular complexity index is 80.8. The zero-order valence-electron chi connectivity index (χ0n) is 6.69. The Balaban J connectivity index is 2.89. The molecule has 0 aromatic carbocycles. The SMILES string of the molecule is CC(CI)OCCOCCI. The van der Waals surface area contributed by atoms with Crippen LogP contribution in [0.2, 0.25) is 0 Å². The topological polar surface area (TPSA) is 18.5 Å². The zero-order valence-corrected chi connectivity index (χ0v) is 11.0. The molecule has 4 heteroatoms. The molecule has 0 saturated heterocycles. The maximum Gasteiger partial charge on any atom is 0.0704 e. The molecule has 0 rings (SSSR count). The summed E-state index contributed by atoms with van der Waals surface area (Å²) in [5.41, 5.74) is 0. The molecule has 0 aliphatic rings. The van der Waals surface area contributed by atoms with Crippen molar-refractivity contribution in [2.45, 2.75) is 13.0 Å². The Hall–Kier alpha value is 1.38. The summed E-state index contributed by atoms with van der Waals surface area (Å²) >= 11 is 4.61. The first-order valence-corrected chi connectivity index (χ1v) is 6.67. The van der Waals surface area contributed by atoms with E-state index >= 15 is 0 Å². The summed E-state index contributed by atoms with van der Waals surface area (Å²) in [7, 11) is 0. The third-order valence-corrected chi connectivity index (χ3v) is 2.75. The van der Waals surface area contributed by atoms with E-state index in [0.717, 1.165) is 28.7 Å². The second kappa shape index (κ2) is 9.47. The Morgan fingerprint density at radius 2 is 1.91 bits per heavy atom. The fourth-order valence-electron chi connectivity index (χ4n) is 0.509. The molecule has 1 unspecified atom stereocenters. The highest BCUT2D eigenvalue weighted by molar-refractivity contribution is 14.1. The molecular formula is C7H14I2O2. The summed E-state index contributed by atoms with van der Waals surface area (Å²) in [4.78, 5) is 0. The van der Waals surface area contributed by atoms with Crippen molar-refractivity contribution >= 4 is 45.2 Å². The van der Waals surface area contributed by atoms with Crippen LogP contribution in [0.15, 0.2) is 0 Å². The van der Waals surface area contributed by atoms with E-state index in [9.17, 15) is 0 Å². The van der Waals surface area contributed by atoms with Crippen LogP contribution in [-0.2, 0) is 9.47 Å². The van der Waals surface area contributed by atoms with Crippen LogP contribution in [0.5, 0.6) is 0 Å². The average molecular weight is 384 g/mol. The highest BCUT2D eigenvalue weighted by atomic mass is 127. The molecule has 0 amide bonds. The Labute approximate surface area is 95.7 Å². The normalized spacial score (nSPS) is 13.4. The van der Waals surface area contributed by atoms with E-state index in [1.165, 1.54) is 0 Å². The van der Waals surface area contributed by atoms with Crippen molar-refractivity contribution in [3.05, 3.63) is 0 Å². The zero-order chi connectivity index (χ0) is 8.53. The molecule has 11 heavy (non-hydrogen) atoms. The molecule has 1 atom stereocenters. The summed E-state index contributed by atoms with van der Waals surface area (Å²) in [6.07, 6.45) is 0.360. The van der Waals surface area contributed by atoms with Crippen LogP contribution in [-0.4, -0.2) is 34.8 Å². The molecular weight excluding hydrogens is 370 g/mol. The maximum absolute atomic E-state index is 5.40. The molecule has 0 N–H and O–H groups in total. The van der Waals surface area contributed by atoms with Gasteiger partial charge in [0, 0.05) is 8.86 Å². The molecule has 0 heterocycles. The number of ether oxygens (including phenoxy) is 2. The van der Waals surface area contributed by atoms with Gasteiger partial charge in [-0.25, -0.2) is 0 Å². The van der Waals surface area contributed by atoms with Crippen LogP contribution in [0.3, 0.4) is 0 Å². The second-order valence-corrected chi connectivity index (χ2v) is 4.10. The molecule has 2 nitrogen and oxygen atoms in total. The number of hydrogen-bond acceptors (Lipinski definition) is 2. The third-order valence-electron chi connectivity index (χ3n) is 1.07. The standard InChI is InChI=1S/C7H14I2O2/c1-7(6-9)11-5-4-10-3-2-8/h7H,2-6H2,1H3. The van der Waals surface area contributed by atoms with Gasteiger partial charge in [0.1, 0.15) is 0 Å². The van der Waals surface area contributed by atoms with E-state index in [1.807, 2.05) is 0 Å². The van der Waals surface area contributed by atoms with Gasteiger partial charge in [0.15, 0.2) is 0 Å². The van der Waals surface area contributed by atoms with Gasteiger partial charge in [0.05, 0.1) is 25.9 Å². The predicted molar refractivity (Wildman–Crippen MR) is 64.0 cm³/mol. The molecule has 0 spiro atoms. The minimum atomic E-state index is 0.360. The predicted octanol–water partition coefficient (Wildman–Crippen LogP) is 2.28. The second-order valence-electron chi connectivity index (χ2n) is 2.14. The van der Waals surface area contributed by atoms with Crippen molar-refractivity contribution in [3.8, 4) is 0 Å². The van der Waals surface area contributed by atoms with Gasteiger partial charge in [0.2, 0.25) is 0 Å². The third kappa shape index (κ3) is 9.29. The van der Waals surface area contributed by atoms with E-state index in [-0.39, 0.29) is 0 Å². The number of hydrogen-bond donors (Lipinski definition) is 0. The maximum atomic E-state index is 5.40. The molecule has 0 aliphatic carbocycles. The van der Waals surface area contributed by atoms with E-state index in [2.05, 4.69) is 52.1 Å². The summed E-state index contributed by atoms with van der Waals surface area (Å²) < 4.78 is 12.7. The average Bonchev–Trinajstić information content (AvgIpc) is 2.04. The first-order chi connectivity index (χ1) is 5.31. The largest absolute Gasteiger partial charge is 0.378 e. The smallest absolute Gasteiger partial charge is 0.0704 e. The first kappa shape index (κ1) is 12.4. The number of halogens is 2. The lowest BCUT2D eigenvalue weighted by atomic mass is 10.5. The molecule has 0 aliphatic heterocycles. The Morgan fingerprint density at radius 3 is 2.45 bits per heavy atom. The number of alkyl halides is 2. The van der Waals surface area contributed by atoms with Crippen molar-refractivity contribution in [3.63, 3.8) is 0 Å². The molecule has 0 radical (unpaired) electrons. The van der Waals surface area contributed by atoms with Crippen molar-refractivity contribution < 1.29 is 9.47 Å². The van der Waals surface area contributed by atoms with Gasteiger partial charge >= 0.3 is 0 Å². The van der Waals surface area contributed by atoms with Gasteiger partial charge in [0.25, 0.3) is 0 Å². The van der Waals surface area contributed by atoms with Gasteiger partial charge in [-0.05, 0) is 6.92 Å². The van der Waals surface area contributed by atoms with Gasteiger partial charge in [-0.1, -0.05) is 45.2 Å². The van der Waals surface area contributed by atoms with Crippen LogP contribution >= 0.6 is 45.2 Å². The monoisotopic (exact) mass is 384 g/mol. The van der Waals surface area contributed by atoms with E-state index < -0.39 is 0 Å². The Morgan fingerprint density at radius 1 is 1.18 bits per heavy atom. The van der Waals surface area contributed by atoms with E-state index in [1.54, 1.807) is 0 Å². The lowest BCUT2D eigenvalue weighted by molar-refractivity contribution is 0.0270. The van der Waals surface area contributed by atoms with Crippen LogP contribution < -0.4 is 0 Å². The quantitative estimate of drug-likeness (QED) is 0.381. The summed E-state index contributed by atoms with van der Waals surface area (Å²) in [5.74, 6) is 0. The minimum Gasteiger partial charge on any atom is -0.378 e. The van der Waals surface area contributed by atoms with Crippen LogP contribution in [0.4, 0.5) is 0 Å². The van der Waals surface area contributed by atoms with Crippen LogP contribution in [0.1, 0.15) is 6.92 Å². The summed E-state index contributed by atoms with van der Waals surface area (Å²) in [6.45, 7) is 4.36. The highest BCUT2D eigenvalue weighted by Gasteiger charge is 1.97. The van der Waals surface area contributed by atoms with Crippen molar-refractivity contribution in [2.24, 2.45) is 0 Å². The van der Waals surface area contributed by atoms with Crippen molar-refractivity contribution in [1.82, 2.24) is 0 Å². The highest BCUT2D eigenvalue weighted by Crippen LogP contribution is 1.95.